The van der Waals surface area contributed by atoms with E-state index in [0.29, 0.717) is 20.3 Å². The van der Waals surface area contributed by atoms with Gasteiger partial charge in [0.1, 0.15) is 5.82 Å². The van der Waals surface area contributed by atoms with Crippen LogP contribution in [0.1, 0.15) is 19.5 Å². The van der Waals surface area contributed by atoms with Crippen molar-refractivity contribution in [1.82, 2.24) is 9.97 Å². The largest absolute Gasteiger partial charge is 0.306 e. The Kier molecular flexibility index (Phi) is 4.62. The van der Waals surface area contributed by atoms with Gasteiger partial charge in [0, 0.05) is 10.6 Å². The second-order valence-electron chi connectivity index (χ2n) is 4.78. The molecule has 100 valence electrons. The molecular formula is C14H14ClIN2O. The number of aromatic nitrogens is 2. The zero-order chi connectivity index (χ0) is 14.0. The van der Waals surface area contributed by atoms with Gasteiger partial charge in [-0.1, -0.05) is 25.4 Å². The Morgan fingerprint density at radius 1 is 1.32 bits per heavy atom. The van der Waals surface area contributed by atoms with Crippen molar-refractivity contribution in [3.63, 3.8) is 0 Å². The number of halogens is 2. The normalized spacial score (nSPS) is 11.0. The van der Waals surface area contributed by atoms with E-state index in [1.807, 2.05) is 12.1 Å². The van der Waals surface area contributed by atoms with Gasteiger partial charge in [-0.05, 0) is 59.2 Å². The Bertz CT molecular complexity index is 635. The molecule has 0 aliphatic heterocycles. The highest BCUT2D eigenvalue weighted by atomic mass is 127. The highest BCUT2D eigenvalue weighted by Crippen LogP contribution is 2.19. The average molecular weight is 389 g/mol. The molecule has 0 saturated heterocycles. The summed E-state index contributed by atoms with van der Waals surface area (Å²) < 4.78 is 0.670. The summed E-state index contributed by atoms with van der Waals surface area (Å²) in [5.41, 5.74) is 1.63. The first-order chi connectivity index (χ1) is 8.97. The van der Waals surface area contributed by atoms with E-state index >= 15 is 0 Å². The summed E-state index contributed by atoms with van der Waals surface area (Å²) in [6.07, 6.45) is 0.794. The zero-order valence-corrected chi connectivity index (χ0v) is 13.6. The van der Waals surface area contributed by atoms with Gasteiger partial charge in [-0.3, -0.25) is 4.79 Å². The van der Waals surface area contributed by atoms with Crippen LogP contribution in [0.3, 0.4) is 0 Å². The molecule has 1 aromatic heterocycles. The van der Waals surface area contributed by atoms with Gasteiger partial charge in [0.25, 0.3) is 5.56 Å². The maximum atomic E-state index is 12.0. The number of rotatable bonds is 3. The Morgan fingerprint density at radius 3 is 2.53 bits per heavy atom. The predicted molar refractivity (Wildman–Crippen MR) is 86.6 cm³/mol. The second-order valence-corrected chi connectivity index (χ2v) is 6.30. The zero-order valence-electron chi connectivity index (χ0n) is 10.7. The third-order valence-electron chi connectivity index (χ3n) is 2.65. The molecule has 1 heterocycles. The fraction of sp³-hybridized carbons (Fsp3) is 0.286. The third kappa shape index (κ3) is 3.57. The summed E-state index contributed by atoms with van der Waals surface area (Å²) in [6, 6.07) is 7.28. The molecule has 0 aliphatic carbocycles. The van der Waals surface area contributed by atoms with Crippen LogP contribution < -0.4 is 5.56 Å². The quantitative estimate of drug-likeness (QED) is 0.811. The lowest BCUT2D eigenvalue weighted by Crippen LogP contribution is -2.17. The number of nitrogens with zero attached hydrogens (tertiary/aromatic N) is 1. The van der Waals surface area contributed by atoms with Crippen LogP contribution in [0.2, 0.25) is 5.02 Å². The lowest BCUT2D eigenvalue weighted by atomic mass is 10.1. The summed E-state index contributed by atoms with van der Waals surface area (Å²) in [7, 11) is 0. The smallest absolute Gasteiger partial charge is 0.264 e. The number of H-pyrrole nitrogens is 1. The SMILES string of the molecule is CC(C)Cc1nc(-c2ccc(Cl)cc2)[nH]c(=O)c1I. The molecule has 0 amide bonds. The van der Waals surface area contributed by atoms with Crippen LogP contribution in [0.4, 0.5) is 0 Å². The van der Waals surface area contributed by atoms with Gasteiger partial charge in [0.05, 0.1) is 9.26 Å². The van der Waals surface area contributed by atoms with Crippen molar-refractivity contribution in [2.45, 2.75) is 20.3 Å². The summed E-state index contributed by atoms with van der Waals surface area (Å²) >= 11 is 7.91. The molecule has 3 nitrogen and oxygen atoms in total. The molecule has 0 spiro atoms. The van der Waals surface area contributed by atoms with Gasteiger partial charge in [0.15, 0.2) is 0 Å². The van der Waals surface area contributed by atoms with E-state index in [0.717, 1.165) is 17.7 Å². The highest BCUT2D eigenvalue weighted by molar-refractivity contribution is 14.1. The van der Waals surface area contributed by atoms with Crippen molar-refractivity contribution in [1.29, 1.82) is 0 Å². The molecule has 0 unspecified atom stereocenters. The monoisotopic (exact) mass is 388 g/mol. The molecule has 2 rings (SSSR count). The summed E-state index contributed by atoms with van der Waals surface area (Å²) in [4.78, 5) is 19.3. The lowest BCUT2D eigenvalue weighted by molar-refractivity contribution is 0.631. The molecular weight excluding hydrogens is 375 g/mol. The summed E-state index contributed by atoms with van der Waals surface area (Å²) in [6.45, 7) is 4.22. The fourth-order valence-electron chi connectivity index (χ4n) is 1.77. The van der Waals surface area contributed by atoms with Crippen LogP contribution in [0.5, 0.6) is 0 Å². The van der Waals surface area contributed by atoms with E-state index in [1.54, 1.807) is 12.1 Å². The van der Waals surface area contributed by atoms with Gasteiger partial charge >= 0.3 is 0 Å². The summed E-state index contributed by atoms with van der Waals surface area (Å²) in [5.74, 6) is 1.05. The molecule has 1 N–H and O–H groups in total. The minimum absolute atomic E-state index is 0.0869. The standard InChI is InChI=1S/C14H14ClIN2O/c1-8(2)7-11-12(16)14(19)18-13(17-11)9-3-5-10(15)6-4-9/h3-6,8H,7H2,1-2H3,(H,17,18,19). The molecule has 0 atom stereocenters. The van der Waals surface area contributed by atoms with E-state index in [-0.39, 0.29) is 5.56 Å². The van der Waals surface area contributed by atoms with Crippen molar-refractivity contribution < 1.29 is 0 Å². The minimum Gasteiger partial charge on any atom is -0.306 e. The van der Waals surface area contributed by atoms with Crippen molar-refractivity contribution >= 4 is 34.2 Å². The number of hydrogen-bond acceptors (Lipinski definition) is 2. The molecule has 0 radical (unpaired) electrons. The van der Waals surface area contributed by atoms with Gasteiger partial charge in [-0.15, -0.1) is 0 Å². The Morgan fingerprint density at radius 2 is 1.95 bits per heavy atom. The van der Waals surface area contributed by atoms with Crippen LogP contribution >= 0.6 is 34.2 Å². The van der Waals surface area contributed by atoms with Gasteiger partial charge in [-0.25, -0.2) is 4.98 Å². The second kappa shape index (κ2) is 6.05. The number of aromatic amines is 1. The van der Waals surface area contributed by atoms with E-state index in [4.69, 9.17) is 11.6 Å². The molecule has 2 aromatic rings. The minimum atomic E-state index is -0.0869. The summed E-state index contributed by atoms with van der Waals surface area (Å²) in [5, 5.41) is 0.666. The number of benzene rings is 1. The van der Waals surface area contributed by atoms with Crippen LogP contribution in [-0.2, 0) is 6.42 Å². The fourth-order valence-corrected chi connectivity index (χ4v) is 2.37. The van der Waals surface area contributed by atoms with Crippen molar-refractivity contribution in [2.24, 2.45) is 5.92 Å². The highest BCUT2D eigenvalue weighted by Gasteiger charge is 2.11. The van der Waals surface area contributed by atoms with Crippen LogP contribution in [0.25, 0.3) is 11.4 Å². The topological polar surface area (TPSA) is 45.8 Å². The molecule has 1 aromatic carbocycles. The van der Waals surface area contributed by atoms with E-state index in [9.17, 15) is 4.79 Å². The van der Waals surface area contributed by atoms with E-state index in [1.165, 1.54) is 0 Å². The molecule has 0 saturated carbocycles. The van der Waals surface area contributed by atoms with Crippen LogP contribution in [0.15, 0.2) is 29.1 Å². The number of nitrogens with one attached hydrogen (secondary N) is 1. The molecule has 5 heteroatoms. The molecule has 0 fully saturated rings. The Hall–Kier alpha value is -0.880. The van der Waals surface area contributed by atoms with Crippen LogP contribution in [-0.4, -0.2) is 9.97 Å². The van der Waals surface area contributed by atoms with Crippen molar-refractivity contribution in [3.8, 4) is 11.4 Å². The van der Waals surface area contributed by atoms with Crippen molar-refractivity contribution in [2.75, 3.05) is 0 Å². The van der Waals surface area contributed by atoms with Gasteiger partial charge < -0.3 is 4.98 Å². The first-order valence-electron chi connectivity index (χ1n) is 6.02. The molecule has 19 heavy (non-hydrogen) atoms. The predicted octanol–water partition coefficient (Wildman–Crippen LogP) is 3.89. The van der Waals surface area contributed by atoms with Gasteiger partial charge in [-0.2, -0.15) is 0 Å². The average Bonchev–Trinajstić information content (AvgIpc) is 2.35. The van der Waals surface area contributed by atoms with Crippen molar-refractivity contribution in [3.05, 3.63) is 48.9 Å². The third-order valence-corrected chi connectivity index (χ3v) is 4.02. The molecule has 0 aliphatic rings. The van der Waals surface area contributed by atoms with Crippen LogP contribution in [0, 0.1) is 9.49 Å². The Balaban J connectivity index is 2.50. The Labute approximate surface area is 130 Å². The lowest BCUT2D eigenvalue weighted by Gasteiger charge is -2.09. The maximum Gasteiger partial charge on any atom is 0.264 e. The van der Waals surface area contributed by atoms with E-state index < -0.39 is 0 Å². The first-order valence-corrected chi connectivity index (χ1v) is 7.47. The number of hydrogen-bond donors (Lipinski definition) is 1. The van der Waals surface area contributed by atoms with E-state index in [2.05, 4.69) is 46.4 Å². The maximum absolute atomic E-state index is 12.0. The molecule has 0 bridgehead atoms. The first kappa shape index (κ1) is 14.5. The van der Waals surface area contributed by atoms with Gasteiger partial charge in [0.2, 0.25) is 0 Å².